The van der Waals surface area contributed by atoms with E-state index in [1.807, 2.05) is 13.0 Å². The molecule has 0 spiro atoms. The van der Waals surface area contributed by atoms with Gasteiger partial charge < -0.3 is 14.6 Å². The fourth-order valence-electron chi connectivity index (χ4n) is 3.22. The van der Waals surface area contributed by atoms with E-state index >= 15 is 0 Å². The van der Waals surface area contributed by atoms with Crippen LogP contribution < -0.4 is 10.2 Å². The standard InChI is InChI=1S/C18H21N3O4/c1-13-11-15(21(23)24)4-5-17(13)20-8-6-14(7-9-20)18(22)19-12-16-3-2-10-25-16/h2-5,10-11,14H,6-9,12H2,1H3,(H,19,22). The first-order valence-corrected chi connectivity index (χ1v) is 8.34. The van der Waals surface area contributed by atoms with Crippen molar-refractivity contribution in [3.8, 4) is 0 Å². The second kappa shape index (κ2) is 7.38. The Morgan fingerprint density at radius 2 is 2.12 bits per heavy atom. The number of hydrogen-bond donors (Lipinski definition) is 1. The number of aryl methyl sites for hydroxylation is 1. The molecule has 1 fully saturated rings. The van der Waals surface area contributed by atoms with Gasteiger partial charge in [0.25, 0.3) is 5.69 Å². The number of nitro benzene ring substituents is 1. The van der Waals surface area contributed by atoms with Gasteiger partial charge in [0.15, 0.2) is 0 Å². The van der Waals surface area contributed by atoms with E-state index in [-0.39, 0.29) is 22.4 Å². The van der Waals surface area contributed by atoms with Gasteiger partial charge in [-0.3, -0.25) is 14.9 Å². The minimum atomic E-state index is -0.383. The van der Waals surface area contributed by atoms with Gasteiger partial charge in [-0.1, -0.05) is 0 Å². The summed E-state index contributed by atoms with van der Waals surface area (Å²) in [6.07, 6.45) is 3.12. The Morgan fingerprint density at radius 3 is 2.72 bits per heavy atom. The lowest BCUT2D eigenvalue weighted by atomic mass is 9.95. The summed E-state index contributed by atoms with van der Waals surface area (Å²) in [5, 5.41) is 13.8. The Labute approximate surface area is 145 Å². The summed E-state index contributed by atoms with van der Waals surface area (Å²) in [5.41, 5.74) is 1.99. The highest BCUT2D eigenvalue weighted by atomic mass is 16.6. The number of piperidine rings is 1. The number of carbonyl (C=O) groups is 1. The zero-order valence-electron chi connectivity index (χ0n) is 14.1. The fourth-order valence-corrected chi connectivity index (χ4v) is 3.22. The maximum Gasteiger partial charge on any atom is 0.269 e. The molecule has 0 atom stereocenters. The molecule has 0 saturated carbocycles. The molecule has 0 unspecified atom stereocenters. The van der Waals surface area contributed by atoms with Crippen molar-refractivity contribution in [3.63, 3.8) is 0 Å². The molecule has 25 heavy (non-hydrogen) atoms. The molecule has 132 valence electrons. The zero-order chi connectivity index (χ0) is 17.8. The number of nitro groups is 1. The van der Waals surface area contributed by atoms with Crippen molar-refractivity contribution >= 4 is 17.3 Å². The highest BCUT2D eigenvalue weighted by molar-refractivity contribution is 5.79. The third-order valence-corrected chi connectivity index (χ3v) is 4.61. The number of furan rings is 1. The van der Waals surface area contributed by atoms with Gasteiger partial charge in [0.2, 0.25) is 5.91 Å². The number of carbonyl (C=O) groups excluding carboxylic acids is 1. The van der Waals surface area contributed by atoms with Crippen LogP contribution >= 0.6 is 0 Å². The fraction of sp³-hybridized carbons (Fsp3) is 0.389. The molecule has 1 aromatic carbocycles. The molecule has 2 heterocycles. The van der Waals surface area contributed by atoms with E-state index in [0.29, 0.717) is 6.54 Å². The molecule has 1 aliphatic rings. The predicted molar refractivity (Wildman–Crippen MR) is 93.3 cm³/mol. The maximum atomic E-state index is 12.3. The van der Waals surface area contributed by atoms with Crippen LogP contribution in [0.1, 0.15) is 24.2 Å². The van der Waals surface area contributed by atoms with Crippen LogP contribution in [-0.2, 0) is 11.3 Å². The Hall–Kier alpha value is -2.83. The van der Waals surface area contributed by atoms with Crippen LogP contribution in [-0.4, -0.2) is 23.9 Å². The average molecular weight is 343 g/mol. The topological polar surface area (TPSA) is 88.6 Å². The largest absolute Gasteiger partial charge is 0.467 e. The minimum absolute atomic E-state index is 0.00966. The summed E-state index contributed by atoms with van der Waals surface area (Å²) in [4.78, 5) is 24.9. The number of amides is 1. The van der Waals surface area contributed by atoms with Crippen molar-refractivity contribution in [2.24, 2.45) is 5.92 Å². The molecule has 7 nitrogen and oxygen atoms in total. The molecule has 0 bridgehead atoms. The van der Waals surface area contributed by atoms with Crippen molar-refractivity contribution in [1.82, 2.24) is 5.32 Å². The van der Waals surface area contributed by atoms with Crippen LogP contribution in [0.25, 0.3) is 0 Å². The van der Waals surface area contributed by atoms with E-state index < -0.39 is 0 Å². The lowest BCUT2D eigenvalue weighted by Crippen LogP contribution is -2.40. The SMILES string of the molecule is Cc1cc([N+](=O)[O-])ccc1N1CCC(C(=O)NCc2ccco2)CC1. The molecule has 0 aliphatic carbocycles. The van der Waals surface area contributed by atoms with Gasteiger partial charge in [-0.2, -0.15) is 0 Å². The molecule has 7 heteroatoms. The third kappa shape index (κ3) is 3.99. The number of hydrogen-bond acceptors (Lipinski definition) is 5. The Kier molecular flexibility index (Phi) is 5.02. The van der Waals surface area contributed by atoms with Crippen LogP contribution in [0, 0.1) is 23.0 Å². The van der Waals surface area contributed by atoms with Gasteiger partial charge in [-0.05, 0) is 43.5 Å². The second-order valence-electron chi connectivity index (χ2n) is 6.29. The second-order valence-corrected chi connectivity index (χ2v) is 6.29. The lowest BCUT2D eigenvalue weighted by Gasteiger charge is -2.33. The van der Waals surface area contributed by atoms with Gasteiger partial charge in [0.1, 0.15) is 5.76 Å². The number of benzene rings is 1. The molecule has 1 aromatic heterocycles. The Morgan fingerprint density at radius 1 is 1.36 bits per heavy atom. The molecule has 1 amide bonds. The minimum Gasteiger partial charge on any atom is -0.467 e. The number of nitrogens with one attached hydrogen (secondary N) is 1. The first-order valence-electron chi connectivity index (χ1n) is 8.34. The number of anilines is 1. The molecule has 2 aromatic rings. The van der Waals surface area contributed by atoms with Crippen molar-refractivity contribution in [3.05, 3.63) is 58.0 Å². The van der Waals surface area contributed by atoms with Gasteiger partial charge in [0, 0.05) is 36.8 Å². The van der Waals surface area contributed by atoms with Crippen LogP contribution in [0.2, 0.25) is 0 Å². The van der Waals surface area contributed by atoms with Crippen molar-refractivity contribution < 1.29 is 14.1 Å². The number of rotatable bonds is 5. The Balaban J connectivity index is 1.54. The quantitative estimate of drug-likeness (QED) is 0.666. The maximum absolute atomic E-state index is 12.3. The highest BCUT2D eigenvalue weighted by Crippen LogP contribution is 2.28. The summed E-state index contributed by atoms with van der Waals surface area (Å²) in [5.74, 6) is 0.785. The van der Waals surface area contributed by atoms with Crippen LogP contribution in [0.5, 0.6) is 0 Å². The summed E-state index contributed by atoms with van der Waals surface area (Å²) < 4.78 is 5.21. The first kappa shape index (κ1) is 17.0. The number of nitrogens with zero attached hydrogens (tertiary/aromatic N) is 2. The molecule has 1 saturated heterocycles. The molecule has 0 radical (unpaired) electrons. The predicted octanol–water partition coefficient (Wildman–Crippen LogP) is 3.03. The van der Waals surface area contributed by atoms with E-state index in [1.165, 1.54) is 6.07 Å². The van der Waals surface area contributed by atoms with Crippen molar-refractivity contribution in [2.75, 3.05) is 18.0 Å². The van der Waals surface area contributed by atoms with Gasteiger partial charge >= 0.3 is 0 Å². The molecule has 1 aliphatic heterocycles. The van der Waals surface area contributed by atoms with Crippen LogP contribution in [0.15, 0.2) is 41.0 Å². The van der Waals surface area contributed by atoms with Gasteiger partial charge in [-0.15, -0.1) is 0 Å². The van der Waals surface area contributed by atoms with Crippen LogP contribution in [0.3, 0.4) is 0 Å². The van der Waals surface area contributed by atoms with Crippen molar-refractivity contribution in [1.29, 1.82) is 0 Å². The normalized spacial score (nSPS) is 15.2. The number of non-ortho nitro benzene ring substituents is 1. The van der Waals surface area contributed by atoms with E-state index in [4.69, 9.17) is 4.42 Å². The van der Waals surface area contributed by atoms with Gasteiger partial charge in [-0.25, -0.2) is 0 Å². The summed E-state index contributed by atoms with van der Waals surface area (Å²) in [6.45, 7) is 3.81. The molecular weight excluding hydrogens is 322 g/mol. The van der Waals surface area contributed by atoms with E-state index in [1.54, 1.807) is 24.5 Å². The average Bonchev–Trinajstić information content (AvgIpc) is 3.13. The molecular formula is C18H21N3O4. The van der Waals surface area contributed by atoms with Crippen LogP contribution in [0.4, 0.5) is 11.4 Å². The van der Waals surface area contributed by atoms with E-state index in [9.17, 15) is 14.9 Å². The third-order valence-electron chi connectivity index (χ3n) is 4.61. The Bertz CT molecular complexity index is 750. The van der Waals surface area contributed by atoms with Crippen molar-refractivity contribution in [2.45, 2.75) is 26.3 Å². The van der Waals surface area contributed by atoms with E-state index in [2.05, 4.69) is 10.2 Å². The summed E-state index contributed by atoms with van der Waals surface area (Å²) >= 11 is 0. The summed E-state index contributed by atoms with van der Waals surface area (Å²) in [7, 11) is 0. The smallest absolute Gasteiger partial charge is 0.269 e. The first-order chi connectivity index (χ1) is 12.0. The lowest BCUT2D eigenvalue weighted by molar-refractivity contribution is -0.384. The van der Waals surface area contributed by atoms with E-state index in [0.717, 1.165) is 42.9 Å². The zero-order valence-corrected chi connectivity index (χ0v) is 14.1. The monoisotopic (exact) mass is 343 g/mol. The highest BCUT2D eigenvalue weighted by Gasteiger charge is 2.26. The van der Waals surface area contributed by atoms with Gasteiger partial charge in [0.05, 0.1) is 17.7 Å². The molecule has 3 rings (SSSR count). The molecule has 1 N–H and O–H groups in total. The summed E-state index contributed by atoms with van der Waals surface area (Å²) in [6, 6.07) is 8.56.